The molecule has 0 bridgehead atoms. The molecule has 3 N–H and O–H groups in total. The molecule has 7 heteroatoms. The molecular formula is C13H18N4O2S. The minimum atomic E-state index is -0.152. The van der Waals surface area contributed by atoms with Gasteiger partial charge in [0.25, 0.3) is 0 Å². The third kappa shape index (κ3) is 2.77. The number of methoxy groups -OCH3 is 1. The highest BCUT2D eigenvalue weighted by Gasteiger charge is 2.14. The zero-order valence-electron chi connectivity index (χ0n) is 11.8. The molecule has 0 aliphatic carbocycles. The highest BCUT2D eigenvalue weighted by atomic mass is 32.1. The molecule has 0 radical (unpaired) electrons. The predicted molar refractivity (Wildman–Crippen MR) is 82.5 cm³/mol. The number of hydrogen-bond acceptors (Lipinski definition) is 5. The number of urea groups is 1. The van der Waals surface area contributed by atoms with Crippen molar-refractivity contribution in [1.29, 1.82) is 0 Å². The second-order valence-corrected chi connectivity index (χ2v) is 5.22. The lowest BCUT2D eigenvalue weighted by Crippen LogP contribution is -2.34. The Hall–Kier alpha value is -2.02. The van der Waals surface area contributed by atoms with Crippen LogP contribution in [0.5, 0.6) is 5.75 Å². The molecule has 0 spiro atoms. The van der Waals surface area contributed by atoms with Gasteiger partial charge in [0.05, 0.1) is 11.8 Å². The summed E-state index contributed by atoms with van der Waals surface area (Å²) >= 11 is 1.38. The maximum atomic E-state index is 12.0. The Morgan fingerprint density at radius 2 is 2.15 bits per heavy atom. The van der Waals surface area contributed by atoms with Crippen molar-refractivity contribution in [2.24, 2.45) is 0 Å². The summed E-state index contributed by atoms with van der Waals surface area (Å²) in [4.78, 5) is 18.1. The van der Waals surface area contributed by atoms with E-state index in [0.717, 1.165) is 4.70 Å². The van der Waals surface area contributed by atoms with Gasteiger partial charge in [0.15, 0.2) is 5.13 Å². The first-order valence-electron chi connectivity index (χ1n) is 6.39. The molecule has 0 aliphatic rings. The van der Waals surface area contributed by atoms with Gasteiger partial charge in [0.1, 0.15) is 11.3 Å². The van der Waals surface area contributed by atoms with Gasteiger partial charge in [0, 0.05) is 24.8 Å². The van der Waals surface area contributed by atoms with Crippen molar-refractivity contribution in [3.05, 3.63) is 12.1 Å². The summed E-state index contributed by atoms with van der Waals surface area (Å²) in [5, 5.41) is 3.34. The normalized spacial score (nSPS) is 10.6. The van der Waals surface area contributed by atoms with Gasteiger partial charge in [0.2, 0.25) is 0 Å². The van der Waals surface area contributed by atoms with Gasteiger partial charge in [-0.1, -0.05) is 11.3 Å². The monoisotopic (exact) mass is 294 g/mol. The summed E-state index contributed by atoms with van der Waals surface area (Å²) in [6.45, 7) is 5.18. The van der Waals surface area contributed by atoms with E-state index in [0.29, 0.717) is 35.2 Å². The van der Waals surface area contributed by atoms with E-state index in [4.69, 9.17) is 10.5 Å². The number of nitrogens with zero attached hydrogens (tertiary/aromatic N) is 2. The molecule has 0 atom stereocenters. The molecule has 0 unspecified atom stereocenters. The molecule has 0 fully saturated rings. The van der Waals surface area contributed by atoms with Crippen LogP contribution >= 0.6 is 11.3 Å². The van der Waals surface area contributed by atoms with Gasteiger partial charge in [-0.15, -0.1) is 0 Å². The number of benzene rings is 1. The number of rotatable bonds is 4. The number of amides is 2. The summed E-state index contributed by atoms with van der Waals surface area (Å²) in [6.07, 6.45) is 0. The maximum Gasteiger partial charge on any atom is 0.323 e. The van der Waals surface area contributed by atoms with Gasteiger partial charge >= 0.3 is 6.03 Å². The molecule has 2 aromatic rings. The predicted octanol–water partition coefficient (Wildman–Crippen LogP) is 2.76. The topological polar surface area (TPSA) is 80.5 Å². The molecule has 2 amide bonds. The number of ether oxygens (including phenoxy) is 1. The summed E-state index contributed by atoms with van der Waals surface area (Å²) in [7, 11) is 1.57. The van der Waals surface area contributed by atoms with Crippen LogP contribution in [0.3, 0.4) is 0 Å². The molecule has 108 valence electrons. The van der Waals surface area contributed by atoms with Crippen LogP contribution in [-0.2, 0) is 0 Å². The number of nitrogen functional groups attached to an aromatic ring is 1. The average molecular weight is 294 g/mol. The molecule has 1 aromatic carbocycles. The largest absolute Gasteiger partial charge is 0.494 e. The van der Waals surface area contributed by atoms with Crippen molar-refractivity contribution in [2.75, 3.05) is 31.2 Å². The second kappa shape index (κ2) is 5.96. The van der Waals surface area contributed by atoms with E-state index in [-0.39, 0.29) is 6.03 Å². The van der Waals surface area contributed by atoms with E-state index in [1.54, 1.807) is 18.1 Å². The molecule has 6 nitrogen and oxygen atoms in total. The SMILES string of the molecule is CCN(CC)C(=O)Nc1nc2c(OC)cc(N)cc2s1. The van der Waals surface area contributed by atoms with Crippen LogP contribution in [0.25, 0.3) is 10.2 Å². The van der Waals surface area contributed by atoms with E-state index in [1.807, 2.05) is 19.9 Å². The fraction of sp³-hybridized carbons (Fsp3) is 0.385. The molecule has 1 heterocycles. The first-order valence-corrected chi connectivity index (χ1v) is 7.20. The Balaban J connectivity index is 2.30. The van der Waals surface area contributed by atoms with Crippen molar-refractivity contribution in [2.45, 2.75) is 13.8 Å². The van der Waals surface area contributed by atoms with Crippen LogP contribution in [0.4, 0.5) is 15.6 Å². The number of nitrogens with two attached hydrogens (primary N) is 1. The van der Waals surface area contributed by atoms with Gasteiger partial charge in [-0.05, 0) is 19.9 Å². The van der Waals surface area contributed by atoms with Crippen molar-refractivity contribution in [3.63, 3.8) is 0 Å². The first-order chi connectivity index (χ1) is 9.58. The number of nitrogens with one attached hydrogen (secondary N) is 1. The second-order valence-electron chi connectivity index (χ2n) is 4.19. The Morgan fingerprint density at radius 1 is 1.45 bits per heavy atom. The van der Waals surface area contributed by atoms with Crippen molar-refractivity contribution in [3.8, 4) is 5.75 Å². The Kier molecular flexibility index (Phi) is 4.29. The van der Waals surface area contributed by atoms with Crippen molar-refractivity contribution >= 4 is 38.4 Å². The molecule has 1 aromatic heterocycles. The van der Waals surface area contributed by atoms with Crippen LogP contribution in [0.1, 0.15) is 13.8 Å². The fourth-order valence-electron chi connectivity index (χ4n) is 1.91. The van der Waals surface area contributed by atoms with Crippen molar-refractivity contribution < 1.29 is 9.53 Å². The summed E-state index contributed by atoms with van der Waals surface area (Å²) < 4.78 is 6.14. The molecular weight excluding hydrogens is 276 g/mol. The van der Waals surface area contributed by atoms with Crippen LogP contribution in [0.15, 0.2) is 12.1 Å². The third-order valence-electron chi connectivity index (χ3n) is 2.97. The van der Waals surface area contributed by atoms with Crippen LogP contribution in [0.2, 0.25) is 0 Å². The van der Waals surface area contributed by atoms with Crippen molar-refractivity contribution in [1.82, 2.24) is 9.88 Å². The number of carbonyl (C=O) groups excluding carboxylic acids is 1. The molecule has 20 heavy (non-hydrogen) atoms. The van der Waals surface area contributed by atoms with E-state index in [9.17, 15) is 4.79 Å². The fourth-order valence-corrected chi connectivity index (χ4v) is 2.83. The van der Waals surface area contributed by atoms with E-state index >= 15 is 0 Å². The minimum Gasteiger partial charge on any atom is -0.494 e. The zero-order valence-corrected chi connectivity index (χ0v) is 12.6. The Morgan fingerprint density at radius 3 is 2.75 bits per heavy atom. The lowest BCUT2D eigenvalue weighted by Gasteiger charge is -2.17. The van der Waals surface area contributed by atoms with E-state index in [2.05, 4.69) is 10.3 Å². The highest BCUT2D eigenvalue weighted by molar-refractivity contribution is 7.22. The number of fused-ring (bicyclic) bond motifs is 1. The summed E-state index contributed by atoms with van der Waals surface area (Å²) in [5.41, 5.74) is 7.13. The average Bonchev–Trinajstić information content (AvgIpc) is 2.81. The number of hydrogen-bond donors (Lipinski definition) is 2. The van der Waals surface area contributed by atoms with Gasteiger partial charge in [-0.3, -0.25) is 5.32 Å². The van der Waals surface area contributed by atoms with Crippen LogP contribution in [0, 0.1) is 0 Å². The van der Waals surface area contributed by atoms with E-state index in [1.165, 1.54) is 11.3 Å². The Labute approximate surface area is 121 Å². The standard InChI is InChI=1S/C13H18N4O2S/c1-4-17(5-2)13(18)16-12-15-11-9(19-3)6-8(14)7-10(11)20-12/h6-7H,4-5,14H2,1-3H3,(H,15,16,18). The number of aromatic nitrogens is 1. The lowest BCUT2D eigenvalue weighted by molar-refractivity contribution is 0.217. The van der Waals surface area contributed by atoms with Crippen LogP contribution < -0.4 is 15.8 Å². The maximum absolute atomic E-state index is 12.0. The minimum absolute atomic E-state index is 0.152. The molecule has 2 rings (SSSR count). The van der Waals surface area contributed by atoms with E-state index < -0.39 is 0 Å². The first kappa shape index (κ1) is 14.4. The third-order valence-corrected chi connectivity index (χ3v) is 3.88. The Bertz CT molecular complexity index is 622. The lowest BCUT2D eigenvalue weighted by atomic mass is 10.3. The quantitative estimate of drug-likeness (QED) is 0.850. The van der Waals surface area contributed by atoms with Gasteiger partial charge < -0.3 is 15.4 Å². The molecule has 0 aliphatic heterocycles. The van der Waals surface area contributed by atoms with Gasteiger partial charge in [-0.25, -0.2) is 9.78 Å². The zero-order chi connectivity index (χ0) is 14.7. The smallest absolute Gasteiger partial charge is 0.323 e. The summed E-state index contributed by atoms with van der Waals surface area (Å²) in [6, 6.07) is 3.39. The number of carbonyl (C=O) groups is 1. The molecule has 0 saturated carbocycles. The number of thiazole rings is 1. The summed E-state index contributed by atoms with van der Waals surface area (Å²) in [5.74, 6) is 0.611. The molecule has 0 saturated heterocycles. The van der Waals surface area contributed by atoms with Crippen LogP contribution in [-0.4, -0.2) is 36.1 Å². The van der Waals surface area contributed by atoms with Gasteiger partial charge in [-0.2, -0.15) is 0 Å². The highest BCUT2D eigenvalue weighted by Crippen LogP contribution is 2.34. The number of anilines is 2.